The maximum atomic E-state index is 12.3. The lowest BCUT2D eigenvalue weighted by Crippen LogP contribution is -2.42. The quantitative estimate of drug-likeness (QED) is 0.829. The van der Waals surface area contributed by atoms with Crippen LogP contribution in [0.15, 0.2) is 30.3 Å². The van der Waals surface area contributed by atoms with Gasteiger partial charge in [0.2, 0.25) is 0 Å². The summed E-state index contributed by atoms with van der Waals surface area (Å²) in [6.45, 7) is 7.30. The SMILES string of the molecule is Cc1nn(Cc2ccccc2)c(Cl)c1C(=O)OCC(=O)NC(C)(C)C. The van der Waals surface area contributed by atoms with E-state index in [9.17, 15) is 9.59 Å². The number of carbonyl (C=O) groups excluding carboxylic acids is 2. The first kappa shape index (κ1) is 19.0. The van der Waals surface area contributed by atoms with Gasteiger partial charge in [0, 0.05) is 5.54 Å². The summed E-state index contributed by atoms with van der Waals surface area (Å²) < 4.78 is 6.61. The molecule has 0 fully saturated rings. The number of amides is 1. The van der Waals surface area contributed by atoms with Crippen LogP contribution in [0.2, 0.25) is 5.15 Å². The van der Waals surface area contributed by atoms with E-state index in [0.717, 1.165) is 5.56 Å². The molecule has 6 nitrogen and oxygen atoms in total. The first-order chi connectivity index (χ1) is 11.7. The standard InChI is InChI=1S/C18H22ClN3O3/c1-12-15(17(24)25-11-14(23)20-18(2,3)4)16(19)22(21-12)10-13-8-6-5-7-9-13/h5-9H,10-11H2,1-4H3,(H,20,23). The Balaban J connectivity index is 2.06. The minimum Gasteiger partial charge on any atom is -0.452 e. The number of halogens is 1. The number of nitrogens with one attached hydrogen (secondary N) is 1. The molecular formula is C18H22ClN3O3. The van der Waals surface area contributed by atoms with Gasteiger partial charge in [0.15, 0.2) is 6.61 Å². The van der Waals surface area contributed by atoms with Gasteiger partial charge in [-0.1, -0.05) is 41.9 Å². The maximum absolute atomic E-state index is 12.3. The molecule has 2 rings (SSSR count). The van der Waals surface area contributed by atoms with Gasteiger partial charge in [-0.3, -0.25) is 4.79 Å². The Morgan fingerprint density at radius 2 is 1.88 bits per heavy atom. The molecule has 1 amide bonds. The van der Waals surface area contributed by atoms with Crippen LogP contribution in [0.25, 0.3) is 0 Å². The van der Waals surface area contributed by atoms with E-state index in [1.54, 1.807) is 6.92 Å². The number of aryl methyl sites for hydroxylation is 1. The monoisotopic (exact) mass is 363 g/mol. The predicted octanol–water partition coefficient (Wildman–Crippen LogP) is 2.96. The molecular weight excluding hydrogens is 342 g/mol. The molecule has 0 atom stereocenters. The highest BCUT2D eigenvalue weighted by Crippen LogP contribution is 2.22. The maximum Gasteiger partial charge on any atom is 0.343 e. The van der Waals surface area contributed by atoms with Gasteiger partial charge in [-0.05, 0) is 33.3 Å². The van der Waals surface area contributed by atoms with Crippen molar-refractivity contribution in [2.24, 2.45) is 0 Å². The molecule has 0 radical (unpaired) electrons. The van der Waals surface area contributed by atoms with E-state index in [1.165, 1.54) is 4.68 Å². The number of carbonyl (C=O) groups is 2. The van der Waals surface area contributed by atoms with Crippen molar-refractivity contribution in [3.63, 3.8) is 0 Å². The van der Waals surface area contributed by atoms with Crippen molar-refractivity contribution in [1.82, 2.24) is 15.1 Å². The molecule has 0 saturated heterocycles. The lowest BCUT2D eigenvalue weighted by Gasteiger charge is -2.20. The molecule has 2 aromatic rings. The molecule has 1 N–H and O–H groups in total. The highest BCUT2D eigenvalue weighted by Gasteiger charge is 2.23. The van der Waals surface area contributed by atoms with Crippen LogP contribution in [0.1, 0.15) is 42.4 Å². The van der Waals surface area contributed by atoms with E-state index >= 15 is 0 Å². The number of esters is 1. The number of ether oxygens (including phenoxy) is 1. The molecule has 0 spiro atoms. The van der Waals surface area contributed by atoms with Crippen LogP contribution in [-0.2, 0) is 16.1 Å². The van der Waals surface area contributed by atoms with E-state index in [1.807, 2.05) is 51.1 Å². The van der Waals surface area contributed by atoms with Crippen LogP contribution in [0, 0.1) is 6.92 Å². The van der Waals surface area contributed by atoms with Gasteiger partial charge in [-0.2, -0.15) is 5.10 Å². The minimum atomic E-state index is -0.661. The topological polar surface area (TPSA) is 73.2 Å². The van der Waals surface area contributed by atoms with E-state index in [4.69, 9.17) is 16.3 Å². The summed E-state index contributed by atoms with van der Waals surface area (Å²) in [5.41, 5.74) is 1.26. The van der Waals surface area contributed by atoms with Crippen molar-refractivity contribution in [2.45, 2.75) is 39.8 Å². The lowest BCUT2D eigenvalue weighted by molar-refractivity contribution is -0.125. The van der Waals surface area contributed by atoms with Crippen LogP contribution < -0.4 is 5.32 Å². The Hall–Kier alpha value is -2.34. The Kier molecular flexibility index (Phi) is 5.85. The smallest absolute Gasteiger partial charge is 0.343 e. The van der Waals surface area contributed by atoms with Crippen molar-refractivity contribution in [1.29, 1.82) is 0 Å². The number of nitrogens with zero attached hydrogens (tertiary/aromatic N) is 2. The van der Waals surface area contributed by atoms with Crippen molar-refractivity contribution in [3.8, 4) is 0 Å². The number of benzene rings is 1. The van der Waals surface area contributed by atoms with E-state index < -0.39 is 11.5 Å². The van der Waals surface area contributed by atoms with E-state index in [2.05, 4.69) is 10.4 Å². The van der Waals surface area contributed by atoms with Gasteiger partial charge in [0.1, 0.15) is 10.7 Å². The zero-order valence-electron chi connectivity index (χ0n) is 14.8. The molecule has 1 aromatic carbocycles. The van der Waals surface area contributed by atoms with Gasteiger partial charge in [0.05, 0.1) is 12.2 Å². The van der Waals surface area contributed by atoms with Crippen molar-refractivity contribution >= 4 is 23.5 Å². The normalized spacial score (nSPS) is 11.2. The Bertz CT molecular complexity index is 764. The Morgan fingerprint density at radius 3 is 2.48 bits per heavy atom. The van der Waals surface area contributed by atoms with E-state index in [-0.39, 0.29) is 23.2 Å². The molecule has 0 saturated carbocycles. The average molecular weight is 364 g/mol. The third kappa shape index (κ3) is 5.32. The predicted molar refractivity (Wildman–Crippen MR) is 95.7 cm³/mol. The molecule has 0 aliphatic heterocycles. The zero-order chi connectivity index (χ0) is 18.6. The number of hydrogen-bond donors (Lipinski definition) is 1. The lowest BCUT2D eigenvalue weighted by atomic mass is 10.1. The van der Waals surface area contributed by atoms with Gasteiger partial charge < -0.3 is 10.1 Å². The van der Waals surface area contributed by atoms with Crippen LogP contribution >= 0.6 is 11.6 Å². The fraction of sp³-hybridized carbons (Fsp3) is 0.389. The molecule has 0 bridgehead atoms. The van der Waals surface area contributed by atoms with Crippen LogP contribution in [0.5, 0.6) is 0 Å². The molecule has 7 heteroatoms. The second-order valence-electron chi connectivity index (χ2n) is 6.77. The second kappa shape index (κ2) is 7.70. The Labute approximate surface area is 152 Å². The van der Waals surface area contributed by atoms with Crippen LogP contribution in [0.4, 0.5) is 0 Å². The minimum absolute atomic E-state index is 0.182. The van der Waals surface area contributed by atoms with Gasteiger partial charge in [-0.25, -0.2) is 9.48 Å². The number of rotatable bonds is 5. The van der Waals surface area contributed by atoms with Crippen molar-refractivity contribution < 1.29 is 14.3 Å². The molecule has 25 heavy (non-hydrogen) atoms. The average Bonchev–Trinajstić information content (AvgIpc) is 2.78. The third-order valence-electron chi connectivity index (χ3n) is 3.29. The second-order valence-corrected chi connectivity index (χ2v) is 7.13. The molecule has 1 aromatic heterocycles. The van der Waals surface area contributed by atoms with Crippen LogP contribution in [-0.4, -0.2) is 33.8 Å². The summed E-state index contributed by atoms with van der Waals surface area (Å²) in [6, 6.07) is 9.65. The fourth-order valence-corrected chi connectivity index (χ4v) is 2.62. The first-order valence-electron chi connectivity index (χ1n) is 7.92. The molecule has 1 heterocycles. The molecule has 0 aliphatic carbocycles. The Morgan fingerprint density at radius 1 is 1.24 bits per heavy atom. The summed E-state index contributed by atoms with van der Waals surface area (Å²) in [6.07, 6.45) is 0. The highest BCUT2D eigenvalue weighted by atomic mass is 35.5. The third-order valence-corrected chi connectivity index (χ3v) is 3.68. The van der Waals surface area contributed by atoms with E-state index in [0.29, 0.717) is 12.2 Å². The number of hydrogen-bond acceptors (Lipinski definition) is 4. The first-order valence-corrected chi connectivity index (χ1v) is 8.30. The van der Waals surface area contributed by atoms with Gasteiger partial charge >= 0.3 is 5.97 Å². The zero-order valence-corrected chi connectivity index (χ0v) is 15.6. The summed E-state index contributed by atoms with van der Waals surface area (Å²) in [4.78, 5) is 24.1. The highest BCUT2D eigenvalue weighted by molar-refractivity contribution is 6.32. The molecule has 134 valence electrons. The summed E-state index contributed by atoms with van der Waals surface area (Å²) in [5.74, 6) is -1.03. The summed E-state index contributed by atoms with van der Waals surface area (Å²) in [5, 5.41) is 7.22. The summed E-state index contributed by atoms with van der Waals surface area (Å²) >= 11 is 6.30. The molecule has 0 unspecified atom stereocenters. The van der Waals surface area contributed by atoms with Gasteiger partial charge in [-0.15, -0.1) is 0 Å². The number of aromatic nitrogens is 2. The largest absolute Gasteiger partial charge is 0.452 e. The van der Waals surface area contributed by atoms with Gasteiger partial charge in [0.25, 0.3) is 5.91 Å². The van der Waals surface area contributed by atoms with Crippen molar-refractivity contribution in [2.75, 3.05) is 6.61 Å². The fourth-order valence-electron chi connectivity index (χ4n) is 2.30. The van der Waals surface area contributed by atoms with Crippen molar-refractivity contribution in [3.05, 3.63) is 52.3 Å². The summed E-state index contributed by atoms with van der Waals surface area (Å²) in [7, 11) is 0. The van der Waals surface area contributed by atoms with Crippen LogP contribution in [0.3, 0.4) is 0 Å². The molecule has 0 aliphatic rings.